The number of Topliss-reactive ketones (excluding diaryl/α,β-unsaturated/α-hetero) is 1. The Bertz CT molecular complexity index is 368. The summed E-state index contributed by atoms with van der Waals surface area (Å²) in [5.41, 5.74) is 0.765. The number of ketones is 1. The molecule has 0 aliphatic heterocycles. The zero-order chi connectivity index (χ0) is 12.0. The van der Waals surface area contributed by atoms with Crippen molar-refractivity contribution < 1.29 is 9.18 Å². The third kappa shape index (κ3) is 4.29. The lowest BCUT2D eigenvalue weighted by molar-refractivity contribution is -0.118. The topological polar surface area (TPSA) is 29.1 Å². The van der Waals surface area contributed by atoms with E-state index in [4.69, 9.17) is 11.6 Å². The van der Waals surface area contributed by atoms with Gasteiger partial charge >= 0.3 is 0 Å². The fourth-order valence-electron chi connectivity index (χ4n) is 1.43. The SMILES string of the molecule is CNCCCC(=O)Cc1ccc(F)c(Cl)c1. The van der Waals surface area contributed by atoms with Gasteiger partial charge in [-0.3, -0.25) is 4.79 Å². The normalized spacial score (nSPS) is 10.4. The third-order valence-electron chi connectivity index (χ3n) is 2.27. The van der Waals surface area contributed by atoms with Gasteiger partial charge in [-0.15, -0.1) is 0 Å². The number of rotatable bonds is 6. The lowest BCUT2D eigenvalue weighted by Gasteiger charge is -2.02. The molecule has 1 aromatic carbocycles. The smallest absolute Gasteiger partial charge is 0.141 e. The average molecular weight is 244 g/mol. The molecule has 1 N–H and O–H groups in total. The average Bonchev–Trinajstić information content (AvgIpc) is 2.24. The molecule has 0 saturated carbocycles. The Hall–Kier alpha value is -0.930. The van der Waals surface area contributed by atoms with Gasteiger partial charge in [-0.2, -0.15) is 0 Å². The molecule has 0 atom stereocenters. The first kappa shape index (κ1) is 13.1. The maximum Gasteiger partial charge on any atom is 0.141 e. The van der Waals surface area contributed by atoms with Crippen molar-refractivity contribution in [1.82, 2.24) is 5.32 Å². The van der Waals surface area contributed by atoms with Crippen molar-refractivity contribution in [2.75, 3.05) is 13.6 Å². The van der Waals surface area contributed by atoms with E-state index in [0.717, 1.165) is 18.5 Å². The Morgan fingerprint density at radius 3 is 2.88 bits per heavy atom. The van der Waals surface area contributed by atoms with Crippen LogP contribution in [0, 0.1) is 5.82 Å². The van der Waals surface area contributed by atoms with Crippen LogP contribution in [0.25, 0.3) is 0 Å². The minimum absolute atomic E-state index is 0.0699. The molecule has 0 unspecified atom stereocenters. The van der Waals surface area contributed by atoms with Gasteiger partial charge in [0, 0.05) is 12.8 Å². The highest BCUT2D eigenvalue weighted by Gasteiger charge is 2.06. The standard InChI is InChI=1S/C12H15ClFNO/c1-15-6-2-3-10(16)7-9-4-5-12(14)11(13)8-9/h4-5,8,15H,2-3,6-7H2,1H3. The molecular formula is C12H15ClFNO. The molecule has 88 valence electrons. The van der Waals surface area contributed by atoms with Crippen molar-refractivity contribution in [1.29, 1.82) is 0 Å². The monoisotopic (exact) mass is 243 g/mol. The summed E-state index contributed by atoms with van der Waals surface area (Å²) in [5, 5.41) is 3.05. The summed E-state index contributed by atoms with van der Waals surface area (Å²) in [6.45, 7) is 0.829. The van der Waals surface area contributed by atoms with Crippen molar-refractivity contribution in [3.63, 3.8) is 0 Å². The second-order valence-corrected chi connectivity index (χ2v) is 4.08. The molecule has 0 fully saturated rings. The first-order chi connectivity index (χ1) is 7.63. The van der Waals surface area contributed by atoms with Crippen LogP contribution < -0.4 is 5.32 Å². The highest BCUT2D eigenvalue weighted by atomic mass is 35.5. The van der Waals surface area contributed by atoms with Crippen LogP contribution in [-0.2, 0) is 11.2 Å². The fourth-order valence-corrected chi connectivity index (χ4v) is 1.63. The molecule has 0 aliphatic carbocycles. The Morgan fingerprint density at radius 2 is 2.25 bits per heavy atom. The summed E-state index contributed by atoms with van der Waals surface area (Å²) in [6.07, 6.45) is 1.68. The van der Waals surface area contributed by atoms with Crippen molar-refractivity contribution in [2.45, 2.75) is 19.3 Å². The Morgan fingerprint density at radius 1 is 1.50 bits per heavy atom. The van der Waals surface area contributed by atoms with Crippen molar-refractivity contribution in [3.05, 3.63) is 34.6 Å². The van der Waals surface area contributed by atoms with Gasteiger partial charge in [-0.05, 0) is 37.7 Å². The zero-order valence-corrected chi connectivity index (χ0v) is 9.98. The van der Waals surface area contributed by atoms with Crippen molar-refractivity contribution in [3.8, 4) is 0 Å². The molecule has 0 aromatic heterocycles. The minimum Gasteiger partial charge on any atom is -0.320 e. The van der Waals surface area contributed by atoms with Gasteiger partial charge in [-0.1, -0.05) is 17.7 Å². The van der Waals surface area contributed by atoms with E-state index < -0.39 is 5.82 Å². The van der Waals surface area contributed by atoms with Gasteiger partial charge in [0.1, 0.15) is 11.6 Å². The number of carbonyl (C=O) groups excluding carboxylic acids is 1. The zero-order valence-electron chi connectivity index (χ0n) is 9.22. The quantitative estimate of drug-likeness (QED) is 0.779. The number of carbonyl (C=O) groups is 1. The molecule has 0 spiro atoms. The first-order valence-electron chi connectivity index (χ1n) is 5.23. The summed E-state index contributed by atoms with van der Waals surface area (Å²) < 4.78 is 12.9. The number of nitrogens with one attached hydrogen (secondary N) is 1. The number of halogens is 2. The molecule has 0 amide bonds. The molecule has 16 heavy (non-hydrogen) atoms. The van der Waals surface area contributed by atoms with E-state index in [1.165, 1.54) is 12.1 Å². The molecular weight excluding hydrogens is 229 g/mol. The van der Waals surface area contributed by atoms with Crippen molar-refractivity contribution in [2.24, 2.45) is 0 Å². The van der Waals surface area contributed by atoms with Gasteiger partial charge in [0.15, 0.2) is 0 Å². The predicted octanol–water partition coefficient (Wildman–Crippen LogP) is 2.59. The van der Waals surface area contributed by atoms with E-state index >= 15 is 0 Å². The first-order valence-corrected chi connectivity index (χ1v) is 5.61. The number of benzene rings is 1. The largest absolute Gasteiger partial charge is 0.320 e. The number of hydrogen-bond donors (Lipinski definition) is 1. The van der Waals surface area contributed by atoms with E-state index in [0.29, 0.717) is 12.8 Å². The third-order valence-corrected chi connectivity index (χ3v) is 2.56. The molecule has 0 radical (unpaired) electrons. The molecule has 0 aliphatic rings. The summed E-state index contributed by atoms with van der Waals surface area (Å²) in [7, 11) is 1.85. The van der Waals surface area contributed by atoms with Gasteiger partial charge in [0.25, 0.3) is 0 Å². The van der Waals surface area contributed by atoms with Crippen LogP contribution in [0.3, 0.4) is 0 Å². The molecule has 0 saturated heterocycles. The lowest BCUT2D eigenvalue weighted by Crippen LogP contribution is -2.11. The fraction of sp³-hybridized carbons (Fsp3) is 0.417. The summed E-state index contributed by atoms with van der Waals surface area (Å²) in [6, 6.07) is 4.39. The van der Waals surface area contributed by atoms with Crippen LogP contribution in [0.2, 0.25) is 5.02 Å². The summed E-state index contributed by atoms with van der Waals surface area (Å²) in [5.74, 6) is -0.300. The second kappa shape index (κ2) is 6.61. The van der Waals surface area contributed by atoms with E-state index in [1.54, 1.807) is 6.07 Å². The van der Waals surface area contributed by atoms with E-state index in [1.807, 2.05) is 7.05 Å². The Kier molecular flexibility index (Phi) is 5.43. The Balaban J connectivity index is 2.46. The van der Waals surface area contributed by atoms with E-state index in [-0.39, 0.29) is 10.8 Å². The maximum atomic E-state index is 12.9. The molecule has 1 aromatic rings. The van der Waals surface area contributed by atoms with E-state index in [2.05, 4.69) is 5.32 Å². The van der Waals surface area contributed by atoms with Crippen LogP contribution in [0.15, 0.2) is 18.2 Å². The highest BCUT2D eigenvalue weighted by molar-refractivity contribution is 6.30. The van der Waals surface area contributed by atoms with Gasteiger partial charge in [0.05, 0.1) is 5.02 Å². The lowest BCUT2D eigenvalue weighted by atomic mass is 10.1. The van der Waals surface area contributed by atoms with E-state index in [9.17, 15) is 9.18 Å². The number of hydrogen-bond acceptors (Lipinski definition) is 2. The molecule has 0 bridgehead atoms. The second-order valence-electron chi connectivity index (χ2n) is 3.67. The molecule has 0 heterocycles. The summed E-state index contributed by atoms with van der Waals surface area (Å²) in [4.78, 5) is 11.5. The van der Waals surface area contributed by atoms with Crippen molar-refractivity contribution >= 4 is 17.4 Å². The summed E-state index contributed by atoms with van der Waals surface area (Å²) >= 11 is 5.63. The van der Waals surface area contributed by atoms with Crippen LogP contribution in [0.5, 0.6) is 0 Å². The Labute approximate surface area is 99.8 Å². The van der Waals surface area contributed by atoms with Gasteiger partial charge in [-0.25, -0.2) is 4.39 Å². The van der Waals surface area contributed by atoms with Crippen LogP contribution in [0.1, 0.15) is 18.4 Å². The molecule has 4 heteroatoms. The molecule has 2 nitrogen and oxygen atoms in total. The van der Waals surface area contributed by atoms with Gasteiger partial charge < -0.3 is 5.32 Å². The predicted molar refractivity (Wildman–Crippen MR) is 63.3 cm³/mol. The maximum absolute atomic E-state index is 12.9. The minimum atomic E-state index is -0.451. The van der Waals surface area contributed by atoms with Gasteiger partial charge in [0.2, 0.25) is 0 Å². The highest BCUT2D eigenvalue weighted by Crippen LogP contribution is 2.16. The molecule has 1 rings (SSSR count). The van der Waals surface area contributed by atoms with Crippen LogP contribution in [0.4, 0.5) is 4.39 Å². The van der Waals surface area contributed by atoms with Crippen LogP contribution >= 0.6 is 11.6 Å². The van der Waals surface area contributed by atoms with Crippen LogP contribution in [-0.4, -0.2) is 19.4 Å².